The maximum absolute atomic E-state index is 12.8. The third-order valence-electron chi connectivity index (χ3n) is 24.9. The third-order valence-corrected chi connectivity index (χ3v) is 25.8. The highest BCUT2D eigenvalue weighted by Gasteiger charge is 2.40. The van der Waals surface area contributed by atoms with Crippen molar-refractivity contribution in [1.29, 1.82) is 0 Å². The Kier molecular flexibility index (Phi) is 22.3. The molecule has 4 atom stereocenters. The van der Waals surface area contributed by atoms with E-state index in [0.717, 1.165) is 158 Å². The van der Waals surface area contributed by atoms with Crippen LogP contribution in [0.1, 0.15) is 173 Å². The van der Waals surface area contributed by atoms with Crippen LogP contribution >= 0.6 is 46.4 Å². The highest BCUT2D eigenvalue weighted by molar-refractivity contribution is 6.32. The van der Waals surface area contributed by atoms with Gasteiger partial charge in [-0.1, -0.05) is 102 Å². The summed E-state index contributed by atoms with van der Waals surface area (Å²) >= 11 is 25.0. The average molecular weight is 1560 g/mol. The first-order chi connectivity index (χ1) is 53.7. The molecule has 12 aromatic rings. The highest BCUT2D eigenvalue weighted by Crippen LogP contribution is 2.48. The van der Waals surface area contributed by atoms with Crippen molar-refractivity contribution >= 4 is 90.5 Å². The van der Waals surface area contributed by atoms with Crippen molar-refractivity contribution in [3.05, 3.63) is 245 Å². The Hall–Kier alpha value is -7.84. The zero-order valence-corrected chi connectivity index (χ0v) is 66.0. The number of fused-ring (bicyclic) bond motifs is 20. The van der Waals surface area contributed by atoms with Gasteiger partial charge in [0.25, 0.3) is 0 Å². The van der Waals surface area contributed by atoms with Crippen molar-refractivity contribution in [2.24, 2.45) is 0 Å². The molecule has 4 unspecified atom stereocenters. The van der Waals surface area contributed by atoms with E-state index in [9.17, 15) is 13.2 Å². The fourth-order valence-corrected chi connectivity index (χ4v) is 20.3. The van der Waals surface area contributed by atoms with Crippen LogP contribution in [0.5, 0.6) is 5.75 Å². The van der Waals surface area contributed by atoms with Crippen molar-refractivity contribution in [2.45, 2.75) is 185 Å². The van der Waals surface area contributed by atoms with E-state index in [1.807, 2.05) is 48.9 Å². The normalized spacial score (nSPS) is 19.7. The van der Waals surface area contributed by atoms with Crippen LogP contribution in [0, 0.1) is 6.92 Å². The van der Waals surface area contributed by atoms with Gasteiger partial charge in [0.05, 0.1) is 27.7 Å². The van der Waals surface area contributed by atoms with Crippen LogP contribution in [0.15, 0.2) is 146 Å². The lowest BCUT2D eigenvalue weighted by molar-refractivity contribution is -0.137. The number of methoxy groups -OCH3 is 1. The molecule has 0 N–H and O–H groups in total. The fourth-order valence-electron chi connectivity index (χ4n) is 19.7. The minimum absolute atomic E-state index is 0.414. The standard InChI is InChI=1S/C23H23ClF3N3.C23H26ClN3O.C22H23Cl2N3.C21H24N4/c24-17-13-18-21-19-3-1-2-10-29(19)11-9-20(21)30(22(18)28-14-17)12-8-15-4-6-16(7-5-15)23(25,26)27;1-28-18-7-5-16(6-8-18)9-13-27-21-10-12-26-11-3-2-4-20(26)22(21)19-14-17(24)15-25-23(19)27;23-16-6-4-15(5-7-16)8-12-27-20-9-11-26-10-2-1-3-19(26)21(20)18-13-17(24)14-25-22(18)27;1-15-13-17-20-18-3-2-10-24(18)11-7-19(20)25(21(17)23-14-15)12-6-16-4-8-22-9-5-16/h4-7,13-14,19H,1-3,8-12H2;5-8,14-15,20H,2-4,9-13H2,1H3;4-7,13-14,19H,1-3,8-12H2;4-5,8-9,13-14,18H,2-3,6-7,10-12H2,1H3. The fraction of sp³-hybridized carbons (Fsp3) is 0.427. The Bertz CT molecular complexity index is 5270. The number of aryl methyl sites for hydroxylation is 9. The Morgan fingerprint density at radius 2 is 0.709 bits per heavy atom. The number of halogens is 7. The van der Waals surface area contributed by atoms with E-state index in [1.165, 1.54) is 174 Å². The van der Waals surface area contributed by atoms with Gasteiger partial charge in [0.2, 0.25) is 0 Å². The first kappa shape index (κ1) is 74.9. The van der Waals surface area contributed by atoms with Gasteiger partial charge in [-0.15, -0.1) is 0 Å². The van der Waals surface area contributed by atoms with Crippen LogP contribution in [-0.2, 0) is 83.7 Å². The zero-order valence-electron chi connectivity index (χ0n) is 63.0. The van der Waals surface area contributed by atoms with Gasteiger partial charge in [0, 0.05) is 189 Å². The van der Waals surface area contributed by atoms with Crippen molar-refractivity contribution in [3.63, 3.8) is 0 Å². The third kappa shape index (κ3) is 15.4. The van der Waals surface area contributed by atoms with Gasteiger partial charge in [0.15, 0.2) is 0 Å². The average Bonchev–Trinajstić information content (AvgIpc) is 1.61. The molecular formula is C89H96Cl4F3N13O. The quantitative estimate of drug-likeness (QED) is 0.111. The van der Waals surface area contributed by atoms with E-state index in [1.54, 1.807) is 43.4 Å². The van der Waals surface area contributed by atoms with Gasteiger partial charge in [-0.3, -0.25) is 24.6 Å². The number of hydrogen-bond donors (Lipinski definition) is 0. The number of hydrogen-bond acceptors (Lipinski definition) is 10. The molecule has 3 aromatic carbocycles. The lowest BCUT2D eigenvalue weighted by atomic mass is 9.89. The predicted octanol–water partition coefficient (Wildman–Crippen LogP) is 20.4. The van der Waals surface area contributed by atoms with Gasteiger partial charge in [-0.2, -0.15) is 13.2 Å². The lowest BCUT2D eigenvalue weighted by Gasteiger charge is -2.39. The number of piperidine rings is 3. The first-order valence-electron chi connectivity index (χ1n) is 40.0. The molecule has 4 fully saturated rings. The molecule has 4 saturated heterocycles. The summed E-state index contributed by atoms with van der Waals surface area (Å²) in [5.41, 5.74) is 21.5. The van der Waals surface area contributed by atoms with E-state index in [2.05, 4.69) is 109 Å². The number of pyridine rings is 5. The summed E-state index contributed by atoms with van der Waals surface area (Å²) in [7, 11) is 1.71. The number of rotatable bonds is 13. The minimum atomic E-state index is -4.30. The summed E-state index contributed by atoms with van der Waals surface area (Å²) in [6.45, 7) is 15.1. The van der Waals surface area contributed by atoms with Gasteiger partial charge in [-0.05, 0) is 233 Å². The topological polar surface area (TPSA) is 106 Å². The SMILES string of the molecule is COc1ccc(CCn2c3c(c4cc(Cl)cnc42)C2CCCCN2CC3)cc1.Cc1cnc2c(c1)c1c(n2CCc2ccncc2)CCN2CCCC12.Clc1ccc(CCn2c3c(c4cc(Cl)cnc42)C2CCCCN2CC3)cc1.FC(F)(F)c1ccc(CCn2c3c(c4cc(Cl)cnc42)C2CCCCN2CC3)cc1. The monoisotopic (exact) mass is 1560 g/mol. The van der Waals surface area contributed by atoms with Crippen LogP contribution in [-0.4, -0.2) is 122 Å². The largest absolute Gasteiger partial charge is 0.497 e. The molecule has 8 aliphatic rings. The Labute approximate surface area is 662 Å². The van der Waals surface area contributed by atoms with Crippen molar-refractivity contribution < 1.29 is 17.9 Å². The molecule has 14 nitrogen and oxygen atoms in total. The van der Waals surface area contributed by atoms with Gasteiger partial charge in [-0.25, -0.2) is 19.9 Å². The molecule has 9 aromatic heterocycles. The number of nitrogens with zero attached hydrogens (tertiary/aromatic N) is 13. The van der Waals surface area contributed by atoms with E-state index in [4.69, 9.17) is 66.1 Å². The van der Waals surface area contributed by atoms with Gasteiger partial charge >= 0.3 is 6.18 Å². The molecule has 110 heavy (non-hydrogen) atoms. The molecule has 17 heterocycles. The summed E-state index contributed by atoms with van der Waals surface area (Å²) in [4.78, 5) is 33.7. The maximum atomic E-state index is 12.8. The molecule has 0 bridgehead atoms. The summed E-state index contributed by atoms with van der Waals surface area (Å²) in [5, 5.41) is 7.92. The van der Waals surface area contributed by atoms with E-state index < -0.39 is 11.7 Å². The molecule has 21 heteroatoms. The van der Waals surface area contributed by atoms with Crippen LogP contribution in [0.25, 0.3) is 44.1 Å². The smallest absolute Gasteiger partial charge is 0.416 e. The molecule has 572 valence electrons. The van der Waals surface area contributed by atoms with Crippen LogP contribution in [0.2, 0.25) is 20.1 Å². The maximum Gasteiger partial charge on any atom is 0.416 e. The molecule has 0 aliphatic carbocycles. The highest BCUT2D eigenvalue weighted by atomic mass is 35.5. The van der Waals surface area contributed by atoms with Gasteiger partial charge < -0.3 is 23.0 Å². The molecule has 8 aliphatic heterocycles. The lowest BCUT2D eigenvalue weighted by Crippen LogP contribution is -2.39. The summed E-state index contributed by atoms with van der Waals surface area (Å²) in [6, 6.07) is 37.0. The number of benzene rings is 3. The van der Waals surface area contributed by atoms with Crippen LogP contribution in [0.4, 0.5) is 13.2 Å². The second kappa shape index (κ2) is 32.7. The second-order valence-electron chi connectivity index (χ2n) is 31.4. The summed E-state index contributed by atoms with van der Waals surface area (Å²) in [5.74, 6) is 0.904. The number of alkyl halides is 3. The van der Waals surface area contributed by atoms with Crippen molar-refractivity contribution in [2.75, 3.05) is 59.5 Å². The van der Waals surface area contributed by atoms with E-state index in [-0.39, 0.29) is 0 Å². The van der Waals surface area contributed by atoms with Crippen LogP contribution < -0.4 is 4.74 Å². The summed E-state index contributed by atoms with van der Waals surface area (Å²) in [6.07, 6.45) is 28.7. The van der Waals surface area contributed by atoms with Gasteiger partial charge in [0.1, 0.15) is 28.3 Å². The number of aromatic nitrogens is 9. The zero-order chi connectivity index (χ0) is 75.2. The Morgan fingerprint density at radius 1 is 0.382 bits per heavy atom. The Morgan fingerprint density at radius 3 is 1.08 bits per heavy atom. The van der Waals surface area contributed by atoms with Crippen LogP contribution in [0.3, 0.4) is 0 Å². The van der Waals surface area contributed by atoms with E-state index >= 15 is 0 Å². The first-order valence-corrected chi connectivity index (χ1v) is 41.5. The molecular weight excluding hydrogens is 1470 g/mol. The molecule has 0 radical (unpaired) electrons. The molecule has 0 amide bonds. The molecule has 0 saturated carbocycles. The van der Waals surface area contributed by atoms with Crippen molar-refractivity contribution in [3.8, 4) is 5.75 Å². The predicted molar refractivity (Wildman–Crippen MR) is 437 cm³/mol. The van der Waals surface area contributed by atoms with Crippen molar-refractivity contribution in [1.82, 2.24) is 62.8 Å². The summed E-state index contributed by atoms with van der Waals surface area (Å²) < 4.78 is 53.5. The molecule has 0 spiro atoms. The van der Waals surface area contributed by atoms with E-state index in [0.29, 0.717) is 42.2 Å². The Balaban J connectivity index is 0.000000107. The minimum Gasteiger partial charge on any atom is -0.497 e. The molecule has 20 rings (SSSR count). The second-order valence-corrected chi connectivity index (χ2v) is 33.1. The number of ether oxygens (including phenoxy) is 1.